The minimum Gasteiger partial charge on any atom is -0.332 e. The molecule has 2 aliphatic heterocycles. The van der Waals surface area contributed by atoms with Gasteiger partial charge in [0.05, 0.1) is 63.8 Å². The molecule has 7 nitrogen and oxygen atoms in total. The van der Waals surface area contributed by atoms with Crippen molar-refractivity contribution < 1.29 is 23.0 Å². The van der Waals surface area contributed by atoms with Crippen LogP contribution in [0.5, 0.6) is 0 Å². The zero-order chi connectivity index (χ0) is 21.2. The minimum absolute atomic E-state index is 0.121. The van der Waals surface area contributed by atoms with Crippen LogP contribution < -0.4 is 9.80 Å². The number of quaternary nitrogens is 2. The molecule has 0 radical (unpaired) electrons. The first-order valence-electron chi connectivity index (χ1n) is 10.8. The maximum atomic E-state index is 13.1. The van der Waals surface area contributed by atoms with Gasteiger partial charge in [-0.05, 0) is 39.3 Å². The lowest BCUT2D eigenvalue weighted by molar-refractivity contribution is -0.918. The molecule has 2 aliphatic rings. The molecule has 2 N–H and O–H groups in total. The van der Waals surface area contributed by atoms with Gasteiger partial charge in [0, 0.05) is 0 Å². The van der Waals surface area contributed by atoms with E-state index in [4.69, 9.17) is 0 Å². The first-order valence-corrected chi connectivity index (χ1v) is 12.2. The van der Waals surface area contributed by atoms with Gasteiger partial charge in [0.1, 0.15) is 0 Å². The Labute approximate surface area is 175 Å². The van der Waals surface area contributed by atoms with Crippen LogP contribution in [0.3, 0.4) is 0 Å². The fourth-order valence-corrected chi connectivity index (χ4v) is 6.17. The average molecular weight is 425 g/mol. The fraction of sp³-hybridized carbons (Fsp3) is 0.667. The molecular weight excluding hydrogens is 388 g/mol. The normalized spacial score (nSPS) is 21.3. The molecule has 0 saturated carbocycles. The third-order valence-corrected chi connectivity index (χ3v) is 8.64. The molecule has 0 spiro atoms. The van der Waals surface area contributed by atoms with Crippen LogP contribution in [-0.4, -0.2) is 88.5 Å². The third kappa shape index (κ3) is 4.82. The highest BCUT2D eigenvalue weighted by atomic mass is 32.2. The van der Waals surface area contributed by atoms with Crippen LogP contribution in [-0.2, 0) is 14.8 Å². The standard InChI is InChI=1S/C21H34N4O3S/c1-5-22-8-10-24(11-9-22)21(26)19(4)23-12-14-25(15-13-23)29(27,28)20-7-6-17(2)16-18(20)3/h6-7,16,19H,5,8-15H2,1-4H3/p+2/t19-/m0/s1. The lowest BCUT2D eigenvalue weighted by Gasteiger charge is -2.37. The van der Waals surface area contributed by atoms with E-state index in [1.165, 1.54) is 4.90 Å². The van der Waals surface area contributed by atoms with Gasteiger partial charge in [-0.2, -0.15) is 4.31 Å². The summed E-state index contributed by atoms with van der Waals surface area (Å²) in [5.74, 6) is 0.209. The van der Waals surface area contributed by atoms with E-state index in [0.717, 1.165) is 43.9 Å². The summed E-state index contributed by atoms with van der Waals surface area (Å²) in [6.07, 6.45) is 0. The van der Waals surface area contributed by atoms with E-state index in [0.29, 0.717) is 31.1 Å². The first kappa shape index (κ1) is 22.2. The molecule has 1 amide bonds. The van der Waals surface area contributed by atoms with Gasteiger partial charge in [-0.25, -0.2) is 8.42 Å². The van der Waals surface area contributed by atoms with Crippen molar-refractivity contribution in [1.29, 1.82) is 0 Å². The Morgan fingerprint density at radius 1 is 1.07 bits per heavy atom. The number of nitrogens with one attached hydrogen (secondary N) is 2. The summed E-state index contributed by atoms with van der Waals surface area (Å²) >= 11 is 0. The van der Waals surface area contributed by atoms with E-state index in [2.05, 4.69) is 6.92 Å². The molecule has 1 atom stereocenters. The number of likely N-dealkylation sites (N-methyl/N-ethyl adjacent to an activating group) is 1. The van der Waals surface area contributed by atoms with E-state index >= 15 is 0 Å². The molecule has 0 aromatic heterocycles. The van der Waals surface area contributed by atoms with Crippen molar-refractivity contribution in [3.8, 4) is 0 Å². The number of carbonyl (C=O) groups is 1. The summed E-state index contributed by atoms with van der Waals surface area (Å²) in [6.45, 7) is 15.0. The molecule has 2 fully saturated rings. The monoisotopic (exact) mass is 424 g/mol. The molecular formula is C21H36N4O3S+2. The summed E-state index contributed by atoms with van der Waals surface area (Å²) in [5, 5.41) is 0. The van der Waals surface area contributed by atoms with Crippen molar-refractivity contribution in [3.05, 3.63) is 29.3 Å². The van der Waals surface area contributed by atoms with Crippen LogP contribution in [0, 0.1) is 13.8 Å². The van der Waals surface area contributed by atoms with Gasteiger partial charge in [-0.1, -0.05) is 17.7 Å². The highest BCUT2D eigenvalue weighted by Crippen LogP contribution is 2.21. The quantitative estimate of drug-likeness (QED) is 0.594. The minimum atomic E-state index is -3.49. The van der Waals surface area contributed by atoms with Crippen molar-refractivity contribution >= 4 is 15.9 Å². The number of benzene rings is 1. The van der Waals surface area contributed by atoms with Gasteiger partial charge < -0.3 is 14.7 Å². The average Bonchev–Trinajstić information content (AvgIpc) is 2.72. The summed E-state index contributed by atoms with van der Waals surface area (Å²) in [7, 11) is -3.49. The van der Waals surface area contributed by atoms with E-state index in [1.54, 1.807) is 15.3 Å². The van der Waals surface area contributed by atoms with Crippen LogP contribution in [0.1, 0.15) is 25.0 Å². The Kier molecular flexibility index (Phi) is 6.98. The predicted molar refractivity (Wildman–Crippen MR) is 113 cm³/mol. The van der Waals surface area contributed by atoms with Crippen LogP contribution >= 0.6 is 0 Å². The molecule has 8 heteroatoms. The zero-order valence-corrected chi connectivity index (χ0v) is 19.0. The largest absolute Gasteiger partial charge is 0.332 e. The second-order valence-electron chi connectivity index (χ2n) is 8.48. The molecule has 0 unspecified atom stereocenters. The highest BCUT2D eigenvalue weighted by Gasteiger charge is 2.37. The van der Waals surface area contributed by atoms with Gasteiger partial charge >= 0.3 is 0 Å². The Bertz CT molecular complexity index is 826. The molecule has 1 aromatic carbocycles. The number of hydrogen-bond donors (Lipinski definition) is 2. The third-order valence-electron chi connectivity index (χ3n) is 6.58. The van der Waals surface area contributed by atoms with E-state index in [1.807, 2.05) is 37.8 Å². The molecule has 29 heavy (non-hydrogen) atoms. The summed E-state index contributed by atoms with van der Waals surface area (Å²) in [6, 6.07) is 5.35. The van der Waals surface area contributed by atoms with Crippen molar-refractivity contribution in [2.24, 2.45) is 0 Å². The number of nitrogens with zero attached hydrogens (tertiary/aromatic N) is 2. The van der Waals surface area contributed by atoms with Gasteiger partial charge in [0.2, 0.25) is 10.0 Å². The second-order valence-corrected chi connectivity index (χ2v) is 10.4. The summed E-state index contributed by atoms with van der Waals surface area (Å²) in [5.41, 5.74) is 1.85. The van der Waals surface area contributed by atoms with Crippen molar-refractivity contribution in [3.63, 3.8) is 0 Å². The lowest BCUT2D eigenvalue weighted by Crippen LogP contribution is -3.19. The number of carbonyl (C=O) groups excluding carboxylic acids is 1. The Morgan fingerprint density at radius 3 is 2.24 bits per heavy atom. The molecule has 0 aliphatic carbocycles. The summed E-state index contributed by atoms with van der Waals surface area (Å²) in [4.78, 5) is 18.1. The number of sulfonamides is 1. The fourth-order valence-electron chi connectivity index (χ4n) is 4.52. The highest BCUT2D eigenvalue weighted by molar-refractivity contribution is 7.89. The molecule has 3 rings (SSSR count). The number of rotatable bonds is 5. The lowest BCUT2D eigenvalue weighted by atomic mass is 10.2. The Hall–Kier alpha value is -1.48. The van der Waals surface area contributed by atoms with E-state index < -0.39 is 10.0 Å². The van der Waals surface area contributed by atoms with E-state index in [-0.39, 0.29) is 11.9 Å². The van der Waals surface area contributed by atoms with E-state index in [9.17, 15) is 13.2 Å². The SMILES string of the molecule is CC[NH+]1CCN(C(=O)[C@H](C)[NH+]2CCN(S(=O)(=O)c3ccc(C)cc3C)CC2)CC1. The Morgan fingerprint density at radius 2 is 1.69 bits per heavy atom. The van der Waals surface area contributed by atoms with Crippen molar-refractivity contribution in [2.75, 3.05) is 58.9 Å². The number of hydrogen-bond acceptors (Lipinski definition) is 3. The molecule has 2 heterocycles. The molecule has 162 valence electrons. The van der Waals surface area contributed by atoms with Crippen LogP contribution in [0.4, 0.5) is 0 Å². The zero-order valence-electron chi connectivity index (χ0n) is 18.2. The predicted octanol–water partition coefficient (Wildman–Crippen LogP) is -1.67. The summed E-state index contributed by atoms with van der Waals surface area (Å²) < 4.78 is 27.7. The topological polar surface area (TPSA) is 66.6 Å². The Balaban J connectivity index is 1.59. The van der Waals surface area contributed by atoms with Crippen molar-refractivity contribution in [1.82, 2.24) is 9.21 Å². The van der Waals surface area contributed by atoms with Gasteiger partial charge in [0.25, 0.3) is 5.91 Å². The first-order chi connectivity index (χ1) is 13.7. The number of piperazine rings is 2. The number of amides is 1. The van der Waals surface area contributed by atoms with Crippen LogP contribution in [0.25, 0.3) is 0 Å². The van der Waals surface area contributed by atoms with Gasteiger partial charge in [-0.15, -0.1) is 0 Å². The molecule has 0 bridgehead atoms. The second kappa shape index (κ2) is 9.12. The van der Waals surface area contributed by atoms with Gasteiger partial charge in [-0.3, -0.25) is 4.79 Å². The van der Waals surface area contributed by atoms with Gasteiger partial charge in [0.15, 0.2) is 6.04 Å². The molecule has 2 saturated heterocycles. The maximum absolute atomic E-state index is 13.1. The van der Waals surface area contributed by atoms with Crippen molar-refractivity contribution in [2.45, 2.75) is 38.6 Å². The van der Waals surface area contributed by atoms with Crippen LogP contribution in [0.15, 0.2) is 23.1 Å². The smallest absolute Gasteiger partial charge is 0.280 e. The maximum Gasteiger partial charge on any atom is 0.280 e. The van der Waals surface area contributed by atoms with Crippen LogP contribution in [0.2, 0.25) is 0 Å². The number of aryl methyl sites for hydroxylation is 2. The molecule has 1 aromatic rings.